The quantitative estimate of drug-likeness (QED) is 0.793. The van der Waals surface area contributed by atoms with Crippen LogP contribution in [0.1, 0.15) is 44.5 Å². The van der Waals surface area contributed by atoms with Crippen molar-refractivity contribution in [3.8, 4) is 6.07 Å². The van der Waals surface area contributed by atoms with E-state index < -0.39 is 11.8 Å². The van der Waals surface area contributed by atoms with E-state index in [1.807, 2.05) is 32.6 Å². The third-order valence-electron chi connectivity index (χ3n) is 4.42. The highest BCUT2D eigenvalue weighted by atomic mass is 16.2. The fourth-order valence-electron chi connectivity index (χ4n) is 3.09. The lowest BCUT2D eigenvalue weighted by Gasteiger charge is -2.35. The zero-order chi connectivity index (χ0) is 19.3. The zero-order valence-corrected chi connectivity index (χ0v) is 15.9. The minimum absolute atomic E-state index is 0.0780. The molecule has 2 heterocycles. The Hall–Kier alpha value is -2.69. The lowest BCUT2D eigenvalue weighted by atomic mass is 10.0. The number of aromatic nitrogens is 2. The molecule has 0 saturated carbocycles. The molecule has 0 atom stereocenters. The van der Waals surface area contributed by atoms with Crippen molar-refractivity contribution >= 4 is 17.6 Å². The minimum Gasteiger partial charge on any atom is -0.350 e. The van der Waals surface area contributed by atoms with E-state index in [4.69, 9.17) is 0 Å². The Morgan fingerprint density at radius 1 is 1.15 bits per heavy atom. The first-order valence-electron chi connectivity index (χ1n) is 9.06. The molecule has 0 aromatic carbocycles. The number of hydrogen-bond donors (Lipinski definition) is 1. The van der Waals surface area contributed by atoms with Gasteiger partial charge in [0.15, 0.2) is 5.82 Å². The van der Waals surface area contributed by atoms with Gasteiger partial charge < -0.3 is 15.1 Å². The summed E-state index contributed by atoms with van der Waals surface area (Å²) in [5, 5.41) is 20.8. The smallest absolute Gasteiger partial charge is 0.312 e. The predicted molar refractivity (Wildman–Crippen MR) is 97.6 cm³/mol. The van der Waals surface area contributed by atoms with Gasteiger partial charge in [0.1, 0.15) is 11.6 Å². The van der Waals surface area contributed by atoms with Crippen LogP contribution in [0.3, 0.4) is 0 Å². The highest BCUT2D eigenvalue weighted by Gasteiger charge is 2.28. The summed E-state index contributed by atoms with van der Waals surface area (Å²) < 4.78 is 0. The molecule has 140 valence electrons. The van der Waals surface area contributed by atoms with Crippen LogP contribution in [0.5, 0.6) is 0 Å². The van der Waals surface area contributed by atoms with Gasteiger partial charge in [-0.3, -0.25) is 9.59 Å². The molecule has 2 rings (SSSR count). The molecule has 8 nitrogen and oxygen atoms in total. The topological polar surface area (TPSA) is 102 Å². The normalized spacial score (nSPS) is 14.3. The van der Waals surface area contributed by atoms with Crippen molar-refractivity contribution in [2.75, 3.05) is 31.1 Å². The molecule has 0 unspecified atom stereocenters. The maximum absolute atomic E-state index is 12.2. The predicted octanol–water partition coefficient (Wildman–Crippen LogP) is 0.646. The number of amides is 2. The molecule has 0 radical (unpaired) electrons. The number of rotatable bonds is 4. The molecule has 0 spiro atoms. The van der Waals surface area contributed by atoms with E-state index in [-0.39, 0.29) is 6.04 Å². The number of nitriles is 1. The summed E-state index contributed by atoms with van der Waals surface area (Å²) in [6, 6.07) is 2.19. The molecule has 1 aromatic rings. The SMILES string of the molecule is CCc1nnc(N2CCN(C(=O)C(=O)NC(C)C)CC2)c(C#N)c1CC. The van der Waals surface area contributed by atoms with Crippen LogP contribution in [0.4, 0.5) is 5.82 Å². The molecule has 1 saturated heterocycles. The van der Waals surface area contributed by atoms with E-state index in [0.717, 1.165) is 24.1 Å². The van der Waals surface area contributed by atoms with E-state index >= 15 is 0 Å². The zero-order valence-electron chi connectivity index (χ0n) is 15.9. The number of hydrogen-bond acceptors (Lipinski definition) is 6. The van der Waals surface area contributed by atoms with Crippen LogP contribution in [0.2, 0.25) is 0 Å². The molecule has 1 aromatic heterocycles. The van der Waals surface area contributed by atoms with Crippen molar-refractivity contribution in [2.45, 2.75) is 46.6 Å². The molecule has 1 N–H and O–H groups in total. The molecule has 26 heavy (non-hydrogen) atoms. The van der Waals surface area contributed by atoms with Gasteiger partial charge in [-0.2, -0.15) is 10.4 Å². The van der Waals surface area contributed by atoms with Gasteiger partial charge in [0.05, 0.1) is 5.69 Å². The van der Waals surface area contributed by atoms with Crippen LogP contribution < -0.4 is 10.2 Å². The van der Waals surface area contributed by atoms with Crippen LogP contribution in [0.15, 0.2) is 0 Å². The van der Waals surface area contributed by atoms with Gasteiger partial charge in [-0.05, 0) is 32.3 Å². The Morgan fingerprint density at radius 3 is 2.31 bits per heavy atom. The lowest BCUT2D eigenvalue weighted by Crippen LogP contribution is -2.53. The van der Waals surface area contributed by atoms with Gasteiger partial charge in [0.25, 0.3) is 0 Å². The fourth-order valence-corrected chi connectivity index (χ4v) is 3.09. The van der Waals surface area contributed by atoms with Crippen LogP contribution in [0.25, 0.3) is 0 Å². The molecule has 1 aliphatic rings. The first kappa shape index (κ1) is 19.6. The monoisotopic (exact) mass is 358 g/mol. The van der Waals surface area contributed by atoms with E-state index in [0.29, 0.717) is 37.6 Å². The van der Waals surface area contributed by atoms with Crippen molar-refractivity contribution < 1.29 is 9.59 Å². The number of anilines is 1. The van der Waals surface area contributed by atoms with Gasteiger partial charge >= 0.3 is 11.8 Å². The van der Waals surface area contributed by atoms with Crippen LogP contribution in [-0.2, 0) is 22.4 Å². The molecule has 8 heteroatoms. The molecule has 1 aliphatic heterocycles. The van der Waals surface area contributed by atoms with E-state index in [2.05, 4.69) is 21.6 Å². The molecular formula is C18H26N6O2. The van der Waals surface area contributed by atoms with Gasteiger partial charge in [-0.25, -0.2) is 0 Å². The van der Waals surface area contributed by atoms with Gasteiger partial charge in [0.2, 0.25) is 0 Å². The van der Waals surface area contributed by atoms with Crippen molar-refractivity contribution in [1.29, 1.82) is 5.26 Å². The summed E-state index contributed by atoms with van der Waals surface area (Å²) >= 11 is 0. The summed E-state index contributed by atoms with van der Waals surface area (Å²) in [5.41, 5.74) is 2.36. The van der Waals surface area contributed by atoms with Crippen molar-refractivity contribution in [2.24, 2.45) is 0 Å². The van der Waals surface area contributed by atoms with Gasteiger partial charge in [-0.15, -0.1) is 5.10 Å². The van der Waals surface area contributed by atoms with Crippen LogP contribution >= 0.6 is 0 Å². The lowest BCUT2D eigenvalue weighted by molar-refractivity contribution is -0.146. The van der Waals surface area contributed by atoms with Crippen LogP contribution in [-0.4, -0.2) is 59.1 Å². The second-order valence-corrected chi connectivity index (χ2v) is 6.55. The summed E-state index contributed by atoms with van der Waals surface area (Å²) in [6.45, 7) is 9.48. The highest BCUT2D eigenvalue weighted by Crippen LogP contribution is 2.24. The molecule has 1 fully saturated rings. The second-order valence-electron chi connectivity index (χ2n) is 6.55. The highest BCUT2D eigenvalue weighted by molar-refractivity contribution is 6.35. The van der Waals surface area contributed by atoms with E-state index in [1.54, 1.807) is 0 Å². The Labute approximate surface area is 154 Å². The number of aryl methyl sites for hydroxylation is 1. The number of nitrogens with one attached hydrogen (secondary N) is 1. The van der Waals surface area contributed by atoms with E-state index in [9.17, 15) is 14.9 Å². The Kier molecular flexibility index (Phi) is 6.50. The number of piperazine rings is 1. The third-order valence-corrected chi connectivity index (χ3v) is 4.42. The molecule has 0 aliphatic carbocycles. The average Bonchev–Trinajstić information content (AvgIpc) is 2.65. The minimum atomic E-state index is -0.577. The number of carbonyl (C=O) groups is 2. The summed E-state index contributed by atoms with van der Waals surface area (Å²) in [5.74, 6) is -0.521. The third kappa shape index (κ3) is 4.10. The maximum Gasteiger partial charge on any atom is 0.312 e. The number of carbonyl (C=O) groups excluding carboxylic acids is 2. The second kappa shape index (κ2) is 8.61. The largest absolute Gasteiger partial charge is 0.350 e. The van der Waals surface area contributed by atoms with Gasteiger partial charge in [-0.1, -0.05) is 13.8 Å². The van der Waals surface area contributed by atoms with Crippen molar-refractivity contribution in [3.63, 3.8) is 0 Å². The van der Waals surface area contributed by atoms with E-state index in [1.165, 1.54) is 4.90 Å². The van der Waals surface area contributed by atoms with Gasteiger partial charge in [0, 0.05) is 32.2 Å². The average molecular weight is 358 g/mol. The molecule has 2 amide bonds. The maximum atomic E-state index is 12.2. The van der Waals surface area contributed by atoms with Crippen molar-refractivity contribution in [1.82, 2.24) is 20.4 Å². The first-order chi connectivity index (χ1) is 12.4. The Morgan fingerprint density at radius 2 is 1.81 bits per heavy atom. The summed E-state index contributed by atoms with van der Waals surface area (Å²) in [7, 11) is 0. The number of nitrogens with zero attached hydrogens (tertiary/aromatic N) is 5. The Bertz CT molecular complexity index is 717. The molecule has 0 bridgehead atoms. The molecular weight excluding hydrogens is 332 g/mol. The standard InChI is InChI=1S/C18H26N6O2/c1-5-13-14(11-19)16(22-21-15(13)6-2)23-7-9-24(10-8-23)18(26)17(25)20-12(3)4/h12H,5-10H2,1-4H3,(H,20,25). The summed E-state index contributed by atoms with van der Waals surface area (Å²) in [4.78, 5) is 27.6. The fraction of sp³-hybridized carbons (Fsp3) is 0.611. The van der Waals surface area contributed by atoms with Crippen molar-refractivity contribution in [3.05, 3.63) is 16.8 Å². The van der Waals surface area contributed by atoms with Crippen LogP contribution in [0, 0.1) is 11.3 Å². The summed E-state index contributed by atoms with van der Waals surface area (Å²) in [6.07, 6.45) is 1.46. The Balaban J connectivity index is 2.12. The first-order valence-corrected chi connectivity index (χ1v) is 9.06.